The summed E-state index contributed by atoms with van der Waals surface area (Å²) in [6.45, 7) is 4.76. The van der Waals surface area contributed by atoms with Gasteiger partial charge in [-0.3, -0.25) is 0 Å². The topological polar surface area (TPSA) is 24.5 Å². The van der Waals surface area contributed by atoms with E-state index in [-0.39, 0.29) is 0 Å². The van der Waals surface area contributed by atoms with Crippen LogP contribution in [0.4, 0.5) is 5.69 Å². The molecule has 0 atom stereocenters. The van der Waals surface area contributed by atoms with E-state index in [1.54, 1.807) is 7.11 Å². The molecule has 0 amide bonds. The average molecular weight is 311 g/mol. The van der Waals surface area contributed by atoms with Crippen LogP contribution in [0, 0.1) is 0 Å². The first-order valence-corrected chi connectivity index (χ1v) is 8.42. The van der Waals surface area contributed by atoms with Gasteiger partial charge < -0.3 is 15.0 Å². The van der Waals surface area contributed by atoms with Crippen LogP contribution in [0.3, 0.4) is 0 Å². The van der Waals surface area contributed by atoms with E-state index < -0.39 is 0 Å². The van der Waals surface area contributed by atoms with Crippen LogP contribution in [0.1, 0.15) is 37.7 Å². The molecule has 21 heavy (non-hydrogen) atoms. The summed E-state index contributed by atoms with van der Waals surface area (Å²) >= 11 is 6.18. The molecule has 1 aliphatic rings. The molecule has 0 aliphatic carbocycles. The van der Waals surface area contributed by atoms with Crippen LogP contribution in [0.25, 0.3) is 0 Å². The Hall–Kier alpha value is -0.770. The van der Waals surface area contributed by atoms with Gasteiger partial charge in [0.25, 0.3) is 0 Å². The van der Waals surface area contributed by atoms with Crippen LogP contribution in [-0.4, -0.2) is 33.4 Å². The summed E-state index contributed by atoms with van der Waals surface area (Å²) < 4.78 is 5.08. The van der Waals surface area contributed by atoms with Crippen molar-refractivity contribution in [2.24, 2.45) is 0 Å². The first-order valence-electron chi connectivity index (χ1n) is 8.04. The summed E-state index contributed by atoms with van der Waals surface area (Å²) in [5.74, 6) is 0. The number of halogens is 1. The van der Waals surface area contributed by atoms with Crippen molar-refractivity contribution in [3.63, 3.8) is 0 Å². The van der Waals surface area contributed by atoms with Gasteiger partial charge >= 0.3 is 0 Å². The third-order valence-electron chi connectivity index (χ3n) is 4.04. The maximum Gasteiger partial charge on any atom is 0.0587 e. The van der Waals surface area contributed by atoms with Crippen molar-refractivity contribution in [2.45, 2.75) is 38.6 Å². The van der Waals surface area contributed by atoms with E-state index in [4.69, 9.17) is 16.3 Å². The lowest BCUT2D eigenvalue weighted by atomic mass is 10.1. The molecule has 0 aromatic heterocycles. The Kier molecular flexibility index (Phi) is 7.34. The van der Waals surface area contributed by atoms with Crippen molar-refractivity contribution in [1.29, 1.82) is 0 Å². The Morgan fingerprint density at radius 3 is 2.57 bits per heavy atom. The largest absolute Gasteiger partial charge is 0.383 e. The molecule has 1 aromatic carbocycles. The fourth-order valence-electron chi connectivity index (χ4n) is 2.89. The number of rotatable bonds is 6. The molecule has 1 aromatic rings. The molecule has 1 aliphatic heterocycles. The standard InChI is InChI=1S/C17H27ClN2O/c1-21-12-9-19-14-15-13-16(18)7-8-17(15)20-10-5-3-2-4-6-11-20/h7-8,13,19H,2-6,9-12,14H2,1H3. The highest BCUT2D eigenvalue weighted by molar-refractivity contribution is 6.30. The number of nitrogens with one attached hydrogen (secondary N) is 1. The fraction of sp³-hybridized carbons (Fsp3) is 0.647. The van der Waals surface area contributed by atoms with Crippen molar-refractivity contribution in [2.75, 3.05) is 38.3 Å². The van der Waals surface area contributed by atoms with Crippen LogP contribution in [0.15, 0.2) is 18.2 Å². The highest BCUT2D eigenvalue weighted by atomic mass is 35.5. The van der Waals surface area contributed by atoms with Crippen LogP contribution in [0.2, 0.25) is 5.02 Å². The zero-order valence-corrected chi connectivity index (χ0v) is 13.8. The maximum atomic E-state index is 6.18. The highest BCUT2D eigenvalue weighted by Crippen LogP contribution is 2.26. The summed E-state index contributed by atoms with van der Waals surface area (Å²) in [7, 11) is 1.73. The fourth-order valence-corrected chi connectivity index (χ4v) is 3.08. The van der Waals surface area contributed by atoms with E-state index in [1.807, 2.05) is 6.07 Å². The van der Waals surface area contributed by atoms with Gasteiger partial charge in [-0.2, -0.15) is 0 Å². The van der Waals surface area contributed by atoms with E-state index in [0.717, 1.165) is 37.8 Å². The lowest BCUT2D eigenvalue weighted by Gasteiger charge is -2.29. The van der Waals surface area contributed by atoms with E-state index in [9.17, 15) is 0 Å². The number of hydrogen-bond donors (Lipinski definition) is 1. The first kappa shape index (κ1) is 16.6. The van der Waals surface area contributed by atoms with E-state index in [2.05, 4.69) is 22.3 Å². The third-order valence-corrected chi connectivity index (χ3v) is 4.27. The van der Waals surface area contributed by atoms with Gasteiger partial charge in [0.05, 0.1) is 6.61 Å². The van der Waals surface area contributed by atoms with Gasteiger partial charge in [0.1, 0.15) is 0 Å². The molecule has 1 heterocycles. The molecule has 3 nitrogen and oxygen atoms in total. The average Bonchev–Trinajstić information content (AvgIpc) is 2.44. The van der Waals surface area contributed by atoms with Crippen molar-refractivity contribution in [3.8, 4) is 0 Å². The van der Waals surface area contributed by atoms with Crippen molar-refractivity contribution >= 4 is 17.3 Å². The smallest absolute Gasteiger partial charge is 0.0587 e. The first-order chi connectivity index (χ1) is 10.3. The normalized spacial score (nSPS) is 16.6. The third kappa shape index (κ3) is 5.50. The Morgan fingerprint density at radius 2 is 1.86 bits per heavy atom. The van der Waals surface area contributed by atoms with Gasteiger partial charge in [-0.25, -0.2) is 0 Å². The van der Waals surface area contributed by atoms with E-state index in [0.29, 0.717) is 0 Å². The van der Waals surface area contributed by atoms with Gasteiger partial charge in [0.15, 0.2) is 0 Å². The van der Waals surface area contributed by atoms with Crippen molar-refractivity contribution < 1.29 is 4.74 Å². The van der Waals surface area contributed by atoms with Gasteiger partial charge in [-0.1, -0.05) is 30.9 Å². The number of benzene rings is 1. The molecule has 1 fully saturated rings. The van der Waals surface area contributed by atoms with Crippen LogP contribution in [-0.2, 0) is 11.3 Å². The monoisotopic (exact) mass is 310 g/mol. The molecule has 0 saturated carbocycles. The Balaban J connectivity index is 2.05. The SMILES string of the molecule is COCCNCc1cc(Cl)ccc1N1CCCCCCC1. The summed E-state index contributed by atoms with van der Waals surface area (Å²) in [6.07, 6.45) is 6.68. The predicted octanol–water partition coefficient (Wildman–Crippen LogP) is 3.85. The highest BCUT2D eigenvalue weighted by Gasteiger charge is 2.13. The number of methoxy groups -OCH3 is 1. The molecule has 1 saturated heterocycles. The molecule has 2 rings (SSSR count). The molecule has 1 N–H and O–H groups in total. The predicted molar refractivity (Wildman–Crippen MR) is 90.3 cm³/mol. The van der Waals surface area contributed by atoms with Gasteiger partial charge in [-0.15, -0.1) is 0 Å². The number of nitrogens with zero attached hydrogens (tertiary/aromatic N) is 1. The van der Waals surface area contributed by atoms with Crippen molar-refractivity contribution in [3.05, 3.63) is 28.8 Å². The molecule has 0 unspecified atom stereocenters. The van der Waals surface area contributed by atoms with Crippen molar-refractivity contribution in [1.82, 2.24) is 5.32 Å². The second kappa shape index (κ2) is 9.29. The molecule has 4 heteroatoms. The lowest BCUT2D eigenvalue weighted by molar-refractivity contribution is 0.199. The Bertz CT molecular complexity index is 417. The molecule has 0 spiro atoms. The van der Waals surface area contributed by atoms with Crippen LogP contribution in [0.5, 0.6) is 0 Å². The zero-order chi connectivity index (χ0) is 14.9. The van der Waals surface area contributed by atoms with E-state index >= 15 is 0 Å². The lowest BCUT2D eigenvalue weighted by Crippen LogP contribution is -2.29. The molecule has 118 valence electrons. The minimum atomic E-state index is 0.736. The van der Waals surface area contributed by atoms with Gasteiger partial charge in [-0.05, 0) is 36.6 Å². The number of hydrogen-bond acceptors (Lipinski definition) is 3. The minimum absolute atomic E-state index is 0.736. The van der Waals surface area contributed by atoms with Crippen LogP contribution < -0.4 is 10.2 Å². The number of ether oxygens (including phenoxy) is 1. The molecular weight excluding hydrogens is 284 g/mol. The Morgan fingerprint density at radius 1 is 1.14 bits per heavy atom. The molecule has 0 bridgehead atoms. The van der Waals surface area contributed by atoms with Crippen LogP contribution >= 0.6 is 11.6 Å². The minimum Gasteiger partial charge on any atom is -0.383 e. The van der Waals surface area contributed by atoms with E-state index in [1.165, 1.54) is 43.4 Å². The second-order valence-corrected chi connectivity index (χ2v) is 6.13. The maximum absolute atomic E-state index is 6.18. The summed E-state index contributed by atoms with van der Waals surface area (Å²) in [5.41, 5.74) is 2.63. The Labute approximate surface area is 133 Å². The summed E-state index contributed by atoms with van der Waals surface area (Å²) in [5, 5.41) is 4.24. The zero-order valence-electron chi connectivity index (χ0n) is 13.0. The number of anilines is 1. The summed E-state index contributed by atoms with van der Waals surface area (Å²) in [6, 6.07) is 6.28. The second-order valence-electron chi connectivity index (χ2n) is 5.70. The summed E-state index contributed by atoms with van der Waals surface area (Å²) in [4.78, 5) is 2.53. The van der Waals surface area contributed by atoms with Gasteiger partial charge in [0, 0.05) is 44.0 Å². The molecule has 0 radical (unpaired) electrons. The quantitative estimate of drug-likeness (QED) is 0.808. The van der Waals surface area contributed by atoms with Gasteiger partial charge in [0.2, 0.25) is 0 Å². The molecular formula is C17H27ClN2O.